The highest BCUT2D eigenvalue weighted by Gasteiger charge is 2.19. The number of nitriles is 1. The van der Waals surface area contributed by atoms with E-state index in [-0.39, 0.29) is 0 Å². The largest absolute Gasteiger partial charge is 0.368 e. The third-order valence-corrected chi connectivity index (χ3v) is 4.33. The summed E-state index contributed by atoms with van der Waals surface area (Å²) in [5, 5.41) is 12.9. The van der Waals surface area contributed by atoms with Gasteiger partial charge in [-0.1, -0.05) is 36.4 Å². The number of hydrazone groups is 1. The van der Waals surface area contributed by atoms with Gasteiger partial charge in [0.25, 0.3) is 0 Å². The molecule has 5 nitrogen and oxygen atoms in total. The summed E-state index contributed by atoms with van der Waals surface area (Å²) in [6.07, 6.45) is 1.56. The summed E-state index contributed by atoms with van der Waals surface area (Å²) in [5.41, 5.74) is 3.85. The summed E-state index contributed by atoms with van der Waals surface area (Å²) >= 11 is 0. The minimum atomic E-state index is 0.670. The molecule has 122 valence electrons. The van der Waals surface area contributed by atoms with E-state index in [2.05, 4.69) is 45.2 Å². The van der Waals surface area contributed by atoms with Crippen LogP contribution in [0.4, 0.5) is 5.69 Å². The van der Waals surface area contributed by atoms with Gasteiger partial charge < -0.3 is 10.7 Å². The van der Waals surface area contributed by atoms with Gasteiger partial charge in [0.15, 0.2) is 0 Å². The topological polar surface area (TPSA) is 68.6 Å². The molecule has 0 bridgehead atoms. The SMILES string of the molecule is N#Cc1cc(C=NN)ccc1N1CCN(Cc2ccccc2)CC1. The maximum atomic E-state index is 9.43. The molecule has 0 amide bonds. The van der Waals surface area contributed by atoms with Crippen molar-refractivity contribution < 1.29 is 0 Å². The van der Waals surface area contributed by atoms with E-state index in [0.717, 1.165) is 44.0 Å². The Balaban J connectivity index is 1.65. The molecule has 2 N–H and O–H groups in total. The smallest absolute Gasteiger partial charge is 0.101 e. The fourth-order valence-electron chi connectivity index (χ4n) is 3.07. The zero-order valence-corrected chi connectivity index (χ0v) is 13.6. The van der Waals surface area contributed by atoms with Crippen molar-refractivity contribution in [3.05, 3.63) is 65.2 Å². The third kappa shape index (κ3) is 3.73. The number of nitrogens with two attached hydrogens (primary N) is 1. The molecule has 1 fully saturated rings. The molecule has 1 aliphatic rings. The molecule has 1 heterocycles. The minimum Gasteiger partial charge on any atom is -0.368 e. The van der Waals surface area contributed by atoms with E-state index in [9.17, 15) is 5.26 Å². The Morgan fingerprint density at radius 2 is 1.83 bits per heavy atom. The normalized spacial score (nSPS) is 15.5. The molecule has 2 aromatic carbocycles. The summed E-state index contributed by atoms with van der Waals surface area (Å²) in [6.45, 7) is 4.81. The molecular weight excluding hydrogens is 298 g/mol. The molecular formula is C19H21N5. The summed E-state index contributed by atoms with van der Waals surface area (Å²) in [4.78, 5) is 4.73. The standard InChI is InChI=1S/C19H21N5/c20-13-18-12-17(14-22-21)6-7-19(18)24-10-8-23(9-11-24)15-16-4-2-1-3-5-16/h1-7,12,14H,8-11,15,21H2. The molecule has 0 spiro atoms. The minimum absolute atomic E-state index is 0.670. The van der Waals surface area contributed by atoms with Crippen molar-refractivity contribution in [3.8, 4) is 6.07 Å². The molecule has 0 unspecified atom stereocenters. The predicted octanol–water partition coefficient (Wildman–Crippen LogP) is 2.17. The molecule has 1 saturated heterocycles. The first-order valence-electron chi connectivity index (χ1n) is 8.09. The molecule has 0 aromatic heterocycles. The Morgan fingerprint density at radius 1 is 1.08 bits per heavy atom. The molecule has 0 saturated carbocycles. The Morgan fingerprint density at radius 3 is 2.50 bits per heavy atom. The molecule has 2 aromatic rings. The van der Waals surface area contributed by atoms with Crippen LogP contribution in [-0.2, 0) is 6.54 Å². The lowest BCUT2D eigenvalue weighted by Crippen LogP contribution is -2.46. The van der Waals surface area contributed by atoms with Crippen LogP contribution in [0.2, 0.25) is 0 Å². The maximum Gasteiger partial charge on any atom is 0.101 e. The highest BCUT2D eigenvalue weighted by Crippen LogP contribution is 2.23. The van der Waals surface area contributed by atoms with Gasteiger partial charge in [0.2, 0.25) is 0 Å². The second kappa shape index (κ2) is 7.62. The first kappa shape index (κ1) is 16.0. The predicted molar refractivity (Wildman–Crippen MR) is 96.9 cm³/mol. The average Bonchev–Trinajstić information content (AvgIpc) is 2.63. The summed E-state index contributed by atoms with van der Waals surface area (Å²) in [6, 6.07) is 18.6. The lowest BCUT2D eigenvalue weighted by Gasteiger charge is -2.36. The Bertz CT molecular complexity index is 740. The van der Waals surface area contributed by atoms with E-state index in [1.807, 2.05) is 24.3 Å². The van der Waals surface area contributed by atoms with E-state index in [1.54, 1.807) is 6.21 Å². The van der Waals surface area contributed by atoms with E-state index in [0.29, 0.717) is 5.56 Å². The van der Waals surface area contributed by atoms with Crippen molar-refractivity contribution in [3.63, 3.8) is 0 Å². The van der Waals surface area contributed by atoms with Gasteiger partial charge in [-0.25, -0.2) is 0 Å². The first-order valence-corrected chi connectivity index (χ1v) is 8.09. The van der Waals surface area contributed by atoms with E-state index < -0.39 is 0 Å². The van der Waals surface area contributed by atoms with Crippen LogP contribution in [0.3, 0.4) is 0 Å². The van der Waals surface area contributed by atoms with E-state index >= 15 is 0 Å². The molecule has 0 aliphatic carbocycles. The van der Waals surface area contributed by atoms with E-state index in [4.69, 9.17) is 5.84 Å². The van der Waals surface area contributed by atoms with Gasteiger partial charge in [0.05, 0.1) is 17.5 Å². The zero-order chi connectivity index (χ0) is 16.8. The molecule has 24 heavy (non-hydrogen) atoms. The summed E-state index contributed by atoms with van der Waals surface area (Å²) in [5.74, 6) is 5.18. The Hall–Kier alpha value is -2.84. The number of piperazine rings is 1. The average molecular weight is 319 g/mol. The van der Waals surface area contributed by atoms with Gasteiger partial charge in [0, 0.05) is 32.7 Å². The molecule has 0 radical (unpaired) electrons. The number of anilines is 1. The number of hydrogen-bond donors (Lipinski definition) is 1. The highest BCUT2D eigenvalue weighted by molar-refractivity contribution is 5.81. The third-order valence-electron chi connectivity index (χ3n) is 4.33. The summed E-state index contributed by atoms with van der Waals surface area (Å²) < 4.78 is 0. The van der Waals surface area contributed by atoms with Crippen LogP contribution in [0, 0.1) is 11.3 Å². The van der Waals surface area contributed by atoms with E-state index in [1.165, 1.54) is 5.56 Å². The van der Waals surface area contributed by atoms with Crippen LogP contribution in [0.25, 0.3) is 0 Å². The lowest BCUT2D eigenvalue weighted by molar-refractivity contribution is 0.250. The fraction of sp³-hybridized carbons (Fsp3) is 0.263. The maximum absolute atomic E-state index is 9.43. The van der Waals surface area contributed by atoms with Crippen molar-refractivity contribution >= 4 is 11.9 Å². The van der Waals surface area contributed by atoms with Crippen molar-refractivity contribution in [1.82, 2.24) is 4.90 Å². The van der Waals surface area contributed by atoms with Crippen LogP contribution in [0.5, 0.6) is 0 Å². The van der Waals surface area contributed by atoms with Crippen LogP contribution in [0.1, 0.15) is 16.7 Å². The zero-order valence-electron chi connectivity index (χ0n) is 13.6. The number of rotatable bonds is 4. The van der Waals surface area contributed by atoms with Crippen molar-refractivity contribution in [1.29, 1.82) is 5.26 Å². The molecule has 5 heteroatoms. The molecule has 1 aliphatic heterocycles. The monoisotopic (exact) mass is 319 g/mol. The number of nitrogens with zero attached hydrogens (tertiary/aromatic N) is 4. The number of hydrogen-bond acceptors (Lipinski definition) is 5. The van der Waals surface area contributed by atoms with Gasteiger partial charge in [0.1, 0.15) is 6.07 Å². The van der Waals surface area contributed by atoms with Crippen molar-refractivity contribution in [2.75, 3.05) is 31.1 Å². The summed E-state index contributed by atoms with van der Waals surface area (Å²) in [7, 11) is 0. The van der Waals surface area contributed by atoms with Crippen molar-refractivity contribution in [2.45, 2.75) is 6.54 Å². The lowest BCUT2D eigenvalue weighted by atomic mass is 10.1. The Labute approximate surface area is 142 Å². The quantitative estimate of drug-likeness (QED) is 0.533. The van der Waals surface area contributed by atoms with Gasteiger partial charge in [-0.3, -0.25) is 4.90 Å². The second-order valence-electron chi connectivity index (χ2n) is 5.92. The highest BCUT2D eigenvalue weighted by atomic mass is 15.3. The van der Waals surface area contributed by atoms with Crippen molar-refractivity contribution in [2.24, 2.45) is 10.9 Å². The Kier molecular flexibility index (Phi) is 5.09. The molecule has 3 rings (SSSR count). The van der Waals surface area contributed by atoms with Gasteiger partial charge in [-0.05, 0) is 23.3 Å². The van der Waals surface area contributed by atoms with Crippen LogP contribution in [-0.4, -0.2) is 37.3 Å². The fourth-order valence-corrected chi connectivity index (χ4v) is 3.07. The van der Waals surface area contributed by atoms with Gasteiger partial charge in [-0.15, -0.1) is 0 Å². The molecule has 0 atom stereocenters. The van der Waals surface area contributed by atoms with Crippen LogP contribution < -0.4 is 10.7 Å². The number of benzene rings is 2. The van der Waals surface area contributed by atoms with Gasteiger partial charge in [-0.2, -0.15) is 10.4 Å². The second-order valence-corrected chi connectivity index (χ2v) is 5.92. The van der Waals surface area contributed by atoms with Crippen LogP contribution >= 0.6 is 0 Å². The van der Waals surface area contributed by atoms with Gasteiger partial charge >= 0.3 is 0 Å². The van der Waals surface area contributed by atoms with Crippen LogP contribution in [0.15, 0.2) is 53.6 Å². The first-order chi connectivity index (χ1) is 11.8.